The van der Waals surface area contributed by atoms with Gasteiger partial charge in [0.05, 0.1) is 6.61 Å². The van der Waals surface area contributed by atoms with E-state index in [0.29, 0.717) is 18.5 Å². The van der Waals surface area contributed by atoms with E-state index < -0.39 is 0 Å². The van der Waals surface area contributed by atoms with Crippen LogP contribution in [0.15, 0.2) is 23.0 Å². The van der Waals surface area contributed by atoms with Gasteiger partial charge in [-0.25, -0.2) is 9.97 Å². The van der Waals surface area contributed by atoms with Crippen molar-refractivity contribution in [3.8, 4) is 0 Å². The number of aromatic nitrogens is 3. The third-order valence-corrected chi connectivity index (χ3v) is 3.38. The Kier molecular flexibility index (Phi) is 3.42. The minimum Gasteiger partial charge on any atom is -0.390 e. The molecule has 0 bridgehead atoms. The fraction of sp³-hybridized carbons (Fsp3) is 0.385. The zero-order valence-corrected chi connectivity index (χ0v) is 10.7. The van der Waals surface area contributed by atoms with E-state index in [0.717, 1.165) is 17.7 Å². The number of aliphatic hydroxyl groups is 1. The van der Waals surface area contributed by atoms with Gasteiger partial charge >= 0.3 is 0 Å². The first-order chi connectivity index (χ1) is 9.78. The summed E-state index contributed by atoms with van der Waals surface area (Å²) in [6, 6.07) is 1.64. The van der Waals surface area contributed by atoms with E-state index >= 15 is 0 Å². The molecule has 7 nitrogen and oxygen atoms in total. The number of aliphatic hydroxyl groups excluding tert-OH is 1. The fourth-order valence-electron chi connectivity index (χ4n) is 2.38. The van der Waals surface area contributed by atoms with Crippen molar-refractivity contribution in [2.45, 2.75) is 31.9 Å². The van der Waals surface area contributed by atoms with Gasteiger partial charge in [-0.15, -0.1) is 0 Å². The van der Waals surface area contributed by atoms with Crippen molar-refractivity contribution in [1.82, 2.24) is 20.4 Å². The van der Waals surface area contributed by atoms with Gasteiger partial charge in [-0.2, -0.15) is 0 Å². The highest BCUT2D eigenvalue weighted by Gasteiger charge is 2.27. The van der Waals surface area contributed by atoms with E-state index in [1.54, 1.807) is 6.07 Å². The van der Waals surface area contributed by atoms with E-state index in [1.807, 2.05) is 0 Å². The van der Waals surface area contributed by atoms with Gasteiger partial charge in [0.25, 0.3) is 5.91 Å². The molecule has 2 heterocycles. The third-order valence-electron chi connectivity index (χ3n) is 3.38. The second-order valence-corrected chi connectivity index (χ2v) is 4.67. The van der Waals surface area contributed by atoms with Gasteiger partial charge in [0.1, 0.15) is 11.5 Å². The van der Waals surface area contributed by atoms with Crippen molar-refractivity contribution in [2.75, 3.05) is 0 Å². The number of carbonyl (C=O) groups excluding carboxylic acids is 1. The molecule has 20 heavy (non-hydrogen) atoms. The van der Waals surface area contributed by atoms with E-state index in [9.17, 15) is 9.90 Å². The number of nitrogens with zero attached hydrogens (tertiary/aromatic N) is 3. The van der Waals surface area contributed by atoms with E-state index in [1.165, 1.54) is 12.4 Å². The summed E-state index contributed by atoms with van der Waals surface area (Å²) in [6.45, 7) is -0.151. The second kappa shape index (κ2) is 5.38. The van der Waals surface area contributed by atoms with E-state index in [-0.39, 0.29) is 24.4 Å². The quantitative estimate of drug-likeness (QED) is 0.831. The molecule has 7 heteroatoms. The van der Waals surface area contributed by atoms with Gasteiger partial charge in [0, 0.05) is 30.4 Å². The number of hydrogen-bond acceptors (Lipinski definition) is 6. The zero-order valence-electron chi connectivity index (χ0n) is 10.7. The molecule has 1 atom stereocenters. The standard InChI is InChI=1S/C13H14N4O3/c18-7-10-9-6-8(2-3-11(9)20-17-10)16-13(19)12-14-4-1-5-15-12/h1,4-5,8,18H,2-3,6-7H2,(H,16,19). The van der Waals surface area contributed by atoms with Crippen molar-refractivity contribution in [1.29, 1.82) is 0 Å². The molecule has 0 fully saturated rings. The van der Waals surface area contributed by atoms with Crippen LogP contribution in [0.3, 0.4) is 0 Å². The highest BCUT2D eigenvalue weighted by molar-refractivity contribution is 5.90. The lowest BCUT2D eigenvalue weighted by molar-refractivity contribution is 0.0922. The molecule has 0 aliphatic heterocycles. The van der Waals surface area contributed by atoms with Crippen molar-refractivity contribution >= 4 is 5.91 Å². The van der Waals surface area contributed by atoms with Crippen molar-refractivity contribution in [3.05, 3.63) is 41.3 Å². The molecule has 1 aliphatic rings. The Morgan fingerprint density at radius 1 is 1.45 bits per heavy atom. The lowest BCUT2D eigenvalue weighted by atomic mass is 9.92. The Balaban J connectivity index is 1.70. The van der Waals surface area contributed by atoms with Gasteiger partial charge in [0.15, 0.2) is 0 Å². The zero-order chi connectivity index (χ0) is 13.9. The summed E-state index contributed by atoms with van der Waals surface area (Å²) in [5, 5.41) is 15.9. The van der Waals surface area contributed by atoms with Gasteiger partial charge in [-0.3, -0.25) is 4.79 Å². The number of fused-ring (bicyclic) bond motifs is 1. The second-order valence-electron chi connectivity index (χ2n) is 4.67. The molecule has 3 rings (SSSR count). The first-order valence-corrected chi connectivity index (χ1v) is 6.43. The molecule has 0 saturated carbocycles. The third kappa shape index (κ3) is 2.39. The minimum atomic E-state index is -0.291. The predicted molar refractivity (Wildman–Crippen MR) is 67.7 cm³/mol. The Morgan fingerprint density at radius 3 is 3.00 bits per heavy atom. The summed E-state index contributed by atoms with van der Waals surface area (Å²) >= 11 is 0. The maximum atomic E-state index is 12.0. The number of nitrogens with one attached hydrogen (secondary N) is 1. The predicted octanol–water partition coefficient (Wildman–Crippen LogP) is 0.244. The van der Waals surface area contributed by atoms with Crippen LogP contribution in [-0.2, 0) is 19.4 Å². The lowest BCUT2D eigenvalue weighted by Gasteiger charge is -2.22. The average Bonchev–Trinajstić information content (AvgIpc) is 2.90. The van der Waals surface area contributed by atoms with Crippen LogP contribution in [0.25, 0.3) is 0 Å². The summed E-state index contributed by atoms with van der Waals surface area (Å²) in [6.07, 6.45) is 5.14. The molecule has 0 saturated heterocycles. The Bertz CT molecular complexity index is 598. The molecule has 0 spiro atoms. The Labute approximate surface area is 115 Å². The molecule has 2 aromatic rings. The summed E-state index contributed by atoms with van der Waals surface area (Å²) in [5.74, 6) is 0.669. The highest BCUT2D eigenvalue weighted by Crippen LogP contribution is 2.24. The number of carbonyl (C=O) groups is 1. The Morgan fingerprint density at radius 2 is 2.25 bits per heavy atom. The summed E-state index contributed by atoms with van der Waals surface area (Å²) in [5.41, 5.74) is 1.45. The van der Waals surface area contributed by atoms with Gasteiger partial charge in [-0.05, 0) is 18.9 Å². The molecule has 1 aliphatic carbocycles. The van der Waals surface area contributed by atoms with Crippen LogP contribution in [0.5, 0.6) is 0 Å². The average molecular weight is 274 g/mol. The first-order valence-electron chi connectivity index (χ1n) is 6.43. The Hall–Kier alpha value is -2.28. The minimum absolute atomic E-state index is 0.0245. The van der Waals surface area contributed by atoms with Crippen LogP contribution in [0.4, 0.5) is 0 Å². The SMILES string of the molecule is O=C(NC1CCc2onc(CO)c2C1)c1ncccn1. The normalized spacial score (nSPS) is 17.6. The molecule has 2 aromatic heterocycles. The largest absolute Gasteiger partial charge is 0.390 e. The molecule has 1 unspecified atom stereocenters. The van der Waals surface area contributed by atoms with Crippen molar-refractivity contribution in [2.24, 2.45) is 0 Å². The summed E-state index contributed by atoms with van der Waals surface area (Å²) in [4.78, 5) is 19.8. The molecule has 0 aromatic carbocycles. The number of hydrogen-bond donors (Lipinski definition) is 2. The fourth-order valence-corrected chi connectivity index (χ4v) is 2.38. The van der Waals surface area contributed by atoms with Crippen LogP contribution in [0, 0.1) is 0 Å². The molecule has 2 N–H and O–H groups in total. The maximum absolute atomic E-state index is 12.0. The van der Waals surface area contributed by atoms with Crippen LogP contribution in [0.2, 0.25) is 0 Å². The van der Waals surface area contributed by atoms with Crippen LogP contribution in [0.1, 0.15) is 34.1 Å². The molecule has 0 radical (unpaired) electrons. The number of aryl methyl sites for hydroxylation is 1. The van der Waals surface area contributed by atoms with Crippen molar-refractivity contribution in [3.63, 3.8) is 0 Å². The highest BCUT2D eigenvalue weighted by atomic mass is 16.5. The van der Waals surface area contributed by atoms with Gasteiger partial charge in [-0.1, -0.05) is 5.16 Å². The van der Waals surface area contributed by atoms with Crippen LogP contribution >= 0.6 is 0 Å². The monoisotopic (exact) mass is 274 g/mol. The topological polar surface area (TPSA) is 101 Å². The van der Waals surface area contributed by atoms with E-state index in [2.05, 4.69) is 20.4 Å². The molecule has 1 amide bonds. The van der Waals surface area contributed by atoms with Gasteiger partial charge in [0.2, 0.25) is 5.82 Å². The van der Waals surface area contributed by atoms with Crippen molar-refractivity contribution < 1.29 is 14.4 Å². The van der Waals surface area contributed by atoms with E-state index in [4.69, 9.17) is 4.52 Å². The van der Waals surface area contributed by atoms with Crippen LogP contribution < -0.4 is 5.32 Å². The first kappa shape index (κ1) is 12.7. The maximum Gasteiger partial charge on any atom is 0.289 e. The van der Waals surface area contributed by atoms with Gasteiger partial charge < -0.3 is 14.9 Å². The number of rotatable bonds is 3. The number of amides is 1. The van der Waals surface area contributed by atoms with Crippen LogP contribution in [-0.4, -0.2) is 32.2 Å². The smallest absolute Gasteiger partial charge is 0.289 e. The molecular weight excluding hydrogens is 260 g/mol. The molecular formula is C13H14N4O3. The summed E-state index contributed by atoms with van der Waals surface area (Å²) in [7, 11) is 0. The molecule has 104 valence electrons. The lowest BCUT2D eigenvalue weighted by Crippen LogP contribution is -2.39. The summed E-state index contributed by atoms with van der Waals surface area (Å²) < 4.78 is 5.17.